The molecule has 0 aliphatic carbocycles. The number of hydrogen-bond donors (Lipinski definition) is 5. The molecule has 0 aromatic carbocycles. The van der Waals surface area contributed by atoms with Crippen molar-refractivity contribution in [1.82, 2.24) is 20.5 Å². The molecule has 0 bridgehead atoms. The van der Waals surface area contributed by atoms with Crippen LogP contribution in [0.3, 0.4) is 0 Å². The van der Waals surface area contributed by atoms with E-state index in [1.54, 1.807) is 12.4 Å². The smallest absolute Gasteiger partial charge is 0.233 e. The van der Waals surface area contributed by atoms with Gasteiger partial charge in [0.25, 0.3) is 0 Å². The molecule has 10 heteroatoms. The first-order valence-electron chi connectivity index (χ1n) is 9.69. The van der Waals surface area contributed by atoms with Gasteiger partial charge in [0.1, 0.15) is 0 Å². The number of carbonyl (C=O) groups is 1. The number of amides is 1. The first-order chi connectivity index (χ1) is 13.4. The molecular formula is C18H31ClN8O. The maximum atomic E-state index is 13.0. The third kappa shape index (κ3) is 4.91. The normalized spacial score (nSPS) is 27.6. The van der Waals surface area contributed by atoms with Crippen molar-refractivity contribution in [3.8, 4) is 0 Å². The molecule has 2 fully saturated rings. The molecule has 3 heterocycles. The summed E-state index contributed by atoms with van der Waals surface area (Å²) in [5.41, 5.74) is 13.5. The number of hydrogen-bond acceptors (Lipinski definition) is 8. The second kappa shape index (κ2) is 9.34. The summed E-state index contributed by atoms with van der Waals surface area (Å²) in [4.78, 5) is 21.8. The van der Waals surface area contributed by atoms with Crippen molar-refractivity contribution >= 4 is 28.9 Å². The quantitative estimate of drug-likeness (QED) is 0.314. The molecule has 3 rings (SSSR count). The molecule has 1 aromatic heterocycles. The molecule has 2 unspecified atom stereocenters. The van der Waals surface area contributed by atoms with Crippen LogP contribution in [0.25, 0.3) is 0 Å². The van der Waals surface area contributed by atoms with Crippen LogP contribution in [-0.4, -0.2) is 79.3 Å². The van der Waals surface area contributed by atoms with E-state index in [0.717, 1.165) is 25.3 Å². The van der Waals surface area contributed by atoms with Gasteiger partial charge in [-0.1, -0.05) is 0 Å². The van der Waals surface area contributed by atoms with E-state index < -0.39 is 12.1 Å². The van der Waals surface area contributed by atoms with E-state index in [1.165, 1.54) is 0 Å². The average molecular weight is 411 g/mol. The summed E-state index contributed by atoms with van der Waals surface area (Å²) >= 11 is 6.10. The summed E-state index contributed by atoms with van der Waals surface area (Å²) in [5.74, 6) is -0.895. The highest BCUT2D eigenvalue weighted by Crippen LogP contribution is 2.27. The van der Waals surface area contributed by atoms with Crippen molar-refractivity contribution < 1.29 is 4.79 Å². The van der Waals surface area contributed by atoms with Crippen molar-refractivity contribution in [2.24, 2.45) is 17.4 Å². The van der Waals surface area contributed by atoms with E-state index in [1.807, 2.05) is 6.07 Å². The van der Waals surface area contributed by atoms with E-state index in [4.69, 9.17) is 23.1 Å². The van der Waals surface area contributed by atoms with Crippen LogP contribution in [0.4, 0.5) is 11.4 Å². The van der Waals surface area contributed by atoms with Crippen molar-refractivity contribution in [1.29, 1.82) is 0 Å². The molecule has 2 atom stereocenters. The van der Waals surface area contributed by atoms with Gasteiger partial charge in [-0.05, 0) is 20.0 Å². The van der Waals surface area contributed by atoms with Crippen LogP contribution in [0.5, 0.6) is 0 Å². The monoisotopic (exact) mass is 410 g/mol. The van der Waals surface area contributed by atoms with Gasteiger partial charge in [0.05, 0.1) is 41.2 Å². The molecule has 2 aliphatic rings. The molecule has 156 valence electrons. The lowest BCUT2D eigenvalue weighted by Crippen LogP contribution is -2.64. The molecule has 1 aromatic rings. The zero-order valence-electron chi connectivity index (χ0n) is 16.4. The van der Waals surface area contributed by atoms with Gasteiger partial charge in [0, 0.05) is 45.0 Å². The molecule has 0 saturated carbocycles. The van der Waals surface area contributed by atoms with Crippen molar-refractivity contribution in [3.05, 3.63) is 18.5 Å². The van der Waals surface area contributed by atoms with Gasteiger partial charge in [-0.15, -0.1) is 11.6 Å². The predicted molar refractivity (Wildman–Crippen MR) is 112 cm³/mol. The van der Waals surface area contributed by atoms with Crippen molar-refractivity contribution in [2.75, 3.05) is 50.0 Å². The van der Waals surface area contributed by atoms with Crippen LogP contribution in [0, 0.1) is 5.92 Å². The van der Waals surface area contributed by atoms with Crippen LogP contribution >= 0.6 is 11.6 Å². The number of anilines is 2. The lowest BCUT2D eigenvalue weighted by Gasteiger charge is -2.40. The number of nitrogens with zero attached hydrogens (tertiary/aromatic N) is 3. The number of aromatic nitrogens is 1. The molecule has 2 saturated heterocycles. The fourth-order valence-corrected chi connectivity index (χ4v) is 3.88. The van der Waals surface area contributed by atoms with Crippen molar-refractivity contribution in [2.45, 2.75) is 30.7 Å². The van der Waals surface area contributed by atoms with Crippen LogP contribution in [0.1, 0.15) is 6.92 Å². The SMILES string of the molecule is CC1CN(c2ccncc2NC(=O)C(C(N)N)C2NCC(Cl)CN2)CCN1C. The number of nitrogens with one attached hydrogen (secondary N) is 3. The summed E-state index contributed by atoms with van der Waals surface area (Å²) in [6.07, 6.45) is 2.26. The molecule has 2 aliphatic heterocycles. The topological polar surface area (TPSA) is 125 Å². The number of carbonyl (C=O) groups excluding carboxylic acids is 1. The molecule has 1 amide bonds. The van der Waals surface area contributed by atoms with Crippen LogP contribution < -0.4 is 32.3 Å². The third-order valence-corrected chi connectivity index (χ3v) is 5.86. The molecule has 0 radical (unpaired) electrons. The summed E-state index contributed by atoms with van der Waals surface area (Å²) in [6.45, 7) is 6.10. The maximum Gasteiger partial charge on any atom is 0.233 e. The predicted octanol–water partition coefficient (Wildman–Crippen LogP) is -0.854. The summed E-state index contributed by atoms with van der Waals surface area (Å²) in [5, 5.41) is 9.38. The average Bonchev–Trinajstić information content (AvgIpc) is 2.66. The second-order valence-electron chi connectivity index (χ2n) is 7.65. The number of alkyl halides is 1. The Morgan fingerprint density at radius 3 is 2.71 bits per heavy atom. The van der Waals surface area contributed by atoms with Crippen LogP contribution in [0.2, 0.25) is 0 Å². The van der Waals surface area contributed by atoms with E-state index in [9.17, 15) is 4.79 Å². The number of piperazine rings is 1. The van der Waals surface area contributed by atoms with Crippen LogP contribution in [-0.2, 0) is 4.79 Å². The molecule has 28 heavy (non-hydrogen) atoms. The Hall–Kier alpha value is -1.49. The summed E-state index contributed by atoms with van der Waals surface area (Å²) in [7, 11) is 2.13. The Morgan fingerprint density at radius 1 is 1.36 bits per heavy atom. The Labute approximate surface area is 171 Å². The lowest BCUT2D eigenvalue weighted by atomic mass is 9.99. The van der Waals surface area contributed by atoms with Gasteiger partial charge in [0.15, 0.2) is 0 Å². The highest BCUT2D eigenvalue weighted by molar-refractivity contribution is 6.21. The number of pyridine rings is 1. The van der Waals surface area contributed by atoms with Gasteiger partial charge in [-0.2, -0.15) is 0 Å². The second-order valence-corrected chi connectivity index (χ2v) is 8.27. The van der Waals surface area contributed by atoms with E-state index in [-0.39, 0.29) is 17.5 Å². The zero-order valence-corrected chi connectivity index (χ0v) is 17.2. The number of likely N-dealkylation sites (N-methyl/N-ethyl adjacent to an activating group) is 1. The Kier molecular flexibility index (Phi) is 7.08. The molecular weight excluding hydrogens is 380 g/mol. The van der Waals surface area contributed by atoms with Crippen LogP contribution in [0.15, 0.2) is 18.5 Å². The number of halogens is 1. The van der Waals surface area contributed by atoms with Gasteiger partial charge < -0.3 is 26.6 Å². The summed E-state index contributed by atoms with van der Waals surface area (Å²) in [6, 6.07) is 2.36. The van der Waals surface area contributed by atoms with Gasteiger partial charge in [-0.25, -0.2) is 0 Å². The Balaban J connectivity index is 1.74. The molecule has 9 nitrogen and oxygen atoms in total. The van der Waals surface area contributed by atoms with E-state index >= 15 is 0 Å². The summed E-state index contributed by atoms with van der Waals surface area (Å²) < 4.78 is 0. The third-order valence-electron chi connectivity index (χ3n) is 5.55. The molecule has 0 spiro atoms. The minimum atomic E-state index is -0.819. The maximum absolute atomic E-state index is 13.0. The van der Waals surface area contributed by atoms with E-state index in [2.05, 4.69) is 44.7 Å². The Morgan fingerprint density at radius 2 is 2.07 bits per heavy atom. The highest BCUT2D eigenvalue weighted by atomic mass is 35.5. The van der Waals surface area contributed by atoms with Gasteiger partial charge in [-0.3, -0.25) is 20.4 Å². The van der Waals surface area contributed by atoms with E-state index in [0.29, 0.717) is 24.8 Å². The highest BCUT2D eigenvalue weighted by Gasteiger charge is 2.35. The molecule has 7 N–H and O–H groups in total. The van der Waals surface area contributed by atoms with Gasteiger partial charge >= 0.3 is 0 Å². The number of nitrogens with two attached hydrogens (primary N) is 2. The minimum absolute atomic E-state index is 0.0295. The fourth-order valence-electron chi connectivity index (χ4n) is 3.70. The minimum Gasteiger partial charge on any atom is -0.367 e. The first kappa shape index (κ1) is 21.2. The lowest BCUT2D eigenvalue weighted by molar-refractivity contribution is -0.121. The zero-order chi connectivity index (χ0) is 20.3. The fraction of sp³-hybridized carbons (Fsp3) is 0.667. The largest absolute Gasteiger partial charge is 0.367 e. The van der Waals surface area contributed by atoms with Gasteiger partial charge in [0.2, 0.25) is 5.91 Å². The number of rotatable bonds is 5. The van der Waals surface area contributed by atoms with Crippen molar-refractivity contribution in [3.63, 3.8) is 0 Å². The first-order valence-corrected chi connectivity index (χ1v) is 10.1. The Bertz CT molecular complexity index is 667. The standard InChI is InChI=1S/C18H31ClN8O/c1-11-10-27(6-5-26(11)2)14-3-4-22-9-13(14)25-18(28)15(16(20)21)17-23-7-12(19)8-24-17/h3-4,9,11-12,15-17,23-24H,5-8,10,20-21H2,1-2H3,(H,25,28).